The Morgan fingerprint density at radius 1 is 1.43 bits per heavy atom. The monoisotopic (exact) mass is 307 g/mol. The van der Waals surface area contributed by atoms with E-state index < -0.39 is 5.54 Å². The fraction of sp³-hybridized carbons (Fsp3) is 0.588. The van der Waals surface area contributed by atoms with Gasteiger partial charge in [-0.15, -0.1) is 11.8 Å². The molecule has 2 unspecified atom stereocenters. The van der Waals surface area contributed by atoms with E-state index in [1.807, 2.05) is 18.8 Å². The summed E-state index contributed by atoms with van der Waals surface area (Å²) in [5, 5.41) is 3.25. The van der Waals surface area contributed by atoms with Crippen LogP contribution in [-0.4, -0.2) is 31.4 Å². The smallest absolute Gasteiger partial charge is 0.326 e. The minimum absolute atomic E-state index is 0.104. The first kappa shape index (κ1) is 16.4. The number of hydrogen-bond acceptors (Lipinski definition) is 4. The van der Waals surface area contributed by atoms with Crippen molar-refractivity contribution < 1.29 is 9.53 Å². The quantitative estimate of drug-likeness (QED) is 0.646. The molecule has 0 amide bonds. The van der Waals surface area contributed by atoms with Gasteiger partial charge in [-0.3, -0.25) is 4.79 Å². The third-order valence-electron chi connectivity index (χ3n) is 4.57. The van der Waals surface area contributed by atoms with Crippen LogP contribution in [0.3, 0.4) is 0 Å². The van der Waals surface area contributed by atoms with Crippen molar-refractivity contribution in [2.45, 2.75) is 43.0 Å². The van der Waals surface area contributed by atoms with Gasteiger partial charge in [0.15, 0.2) is 0 Å². The molecule has 21 heavy (non-hydrogen) atoms. The molecule has 1 fully saturated rings. The lowest BCUT2D eigenvalue weighted by Gasteiger charge is -2.32. The minimum atomic E-state index is -0.470. The zero-order valence-corrected chi connectivity index (χ0v) is 14.0. The van der Waals surface area contributed by atoms with Crippen molar-refractivity contribution in [2.24, 2.45) is 5.92 Å². The van der Waals surface area contributed by atoms with Gasteiger partial charge in [0, 0.05) is 4.90 Å². The molecule has 0 saturated heterocycles. The second kappa shape index (κ2) is 7.32. The van der Waals surface area contributed by atoms with Crippen molar-refractivity contribution in [3.05, 3.63) is 29.8 Å². The molecule has 0 aliphatic heterocycles. The summed E-state index contributed by atoms with van der Waals surface area (Å²) in [5.74, 6) is 1.30. The Morgan fingerprint density at radius 3 is 2.76 bits per heavy atom. The van der Waals surface area contributed by atoms with Crippen LogP contribution in [0.1, 0.15) is 31.2 Å². The number of aryl methyl sites for hydroxylation is 1. The van der Waals surface area contributed by atoms with Gasteiger partial charge in [0.2, 0.25) is 0 Å². The van der Waals surface area contributed by atoms with Crippen molar-refractivity contribution in [3.8, 4) is 0 Å². The Labute approximate surface area is 131 Å². The Kier molecular flexibility index (Phi) is 5.71. The second-order valence-corrected chi connectivity index (χ2v) is 6.92. The van der Waals surface area contributed by atoms with E-state index >= 15 is 0 Å². The molecule has 0 radical (unpaired) electrons. The molecule has 0 spiro atoms. The van der Waals surface area contributed by atoms with Gasteiger partial charge in [0.1, 0.15) is 5.54 Å². The normalized spacial score (nSPS) is 25.0. The number of nitrogens with one attached hydrogen (secondary N) is 1. The van der Waals surface area contributed by atoms with Crippen molar-refractivity contribution in [1.29, 1.82) is 0 Å². The van der Waals surface area contributed by atoms with E-state index in [2.05, 4.69) is 36.5 Å². The highest BCUT2D eigenvalue weighted by atomic mass is 32.2. The van der Waals surface area contributed by atoms with E-state index in [0.29, 0.717) is 5.92 Å². The number of carbonyl (C=O) groups excluding carboxylic acids is 1. The molecule has 1 aromatic rings. The summed E-state index contributed by atoms with van der Waals surface area (Å²) in [6.45, 7) is 2.10. The van der Waals surface area contributed by atoms with Crippen molar-refractivity contribution >= 4 is 17.7 Å². The number of benzene rings is 1. The van der Waals surface area contributed by atoms with Crippen LogP contribution in [0.2, 0.25) is 0 Å². The summed E-state index contributed by atoms with van der Waals surface area (Å²) in [7, 11) is 3.36. The molecule has 4 heteroatoms. The minimum Gasteiger partial charge on any atom is -0.468 e. The fourth-order valence-corrected chi connectivity index (χ4v) is 4.27. The lowest BCUT2D eigenvalue weighted by Crippen LogP contribution is -2.53. The largest absolute Gasteiger partial charge is 0.468 e. The lowest BCUT2D eigenvalue weighted by molar-refractivity contribution is -0.150. The summed E-state index contributed by atoms with van der Waals surface area (Å²) in [4.78, 5) is 13.5. The van der Waals surface area contributed by atoms with Gasteiger partial charge < -0.3 is 10.1 Å². The maximum atomic E-state index is 12.2. The molecule has 2 rings (SSSR count). The van der Waals surface area contributed by atoms with Gasteiger partial charge in [0.05, 0.1) is 7.11 Å². The van der Waals surface area contributed by atoms with Crippen LogP contribution in [0.25, 0.3) is 0 Å². The number of thioether (sulfide) groups is 1. The Hall–Kier alpha value is -1.00. The predicted molar refractivity (Wildman–Crippen MR) is 87.7 cm³/mol. The number of ether oxygens (including phenoxy) is 1. The number of hydrogen-bond donors (Lipinski definition) is 1. The maximum Gasteiger partial charge on any atom is 0.326 e. The number of methoxy groups -OCH3 is 1. The molecule has 1 saturated carbocycles. The molecule has 1 aliphatic carbocycles. The van der Waals surface area contributed by atoms with E-state index in [9.17, 15) is 4.79 Å². The molecule has 1 aromatic carbocycles. The molecule has 116 valence electrons. The first-order valence-electron chi connectivity index (χ1n) is 7.59. The fourth-order valence-electron chi connectivity index (χ4n) is 3.30. The van der Waals surface area contributed by atoms with Gasteiger partial charge >= 0.3 is 5.97 Å². The summed E-state index contributed by atoms with van der Waals surface area (Å²) in [5.41, 5.74) is 0.817. The number of carbonyl (C=O) groups is 1. The topological polar surface area (TPSA) is 38.3 Å². The molecule has 2 atom stereocenters. The van der Waals surface area contributed by atoms with E-state index in [0.717, 1.165) is 31.4 Å². The van der Waals surface area contributed by atoms with Crippen molar-refractivity contribution in [3.63, 3.8) is 0 Å². The van der Waals surface area contributed by atoms with Gasteiger partial charge in [0.25, 0.3) is 0 Å². The zero-order chi connectivity index (χ0) is 15.3. The summed E-state index contributed by atoms with van der Waals surface area (Å²) >= 11 is 1.87. The molecule has 1 N–H and O–H groups in total. The first-order chi connectivity index (χ1) is 10.1. The molecule has 0 heterocycles. The van der Waals surface area contributed by atoms with Crippen molar-refractivity contribution in [2.75, 3.05) is 19.9 Å². The first-order valence-corrected chi connectivity index (χ1v) is 8.57. The van der Waals surface area contributed by atoms with E-state index in [-0.39, 0.29) is 5.97 Å². The van der Waals surface area contributed by atoms with E-state index in [1.54, 1.807) is 0 Å². The van der Waals surface area contributed by atoms with Gasteiger partial charge in [-0.2, -0.15) is 0 Å². The van der Waals surface area contributed by atoms with Gasteiger partial charge in [-0.05, 0) is 57.0 Å². The SMILES string of the molecule is CNC1(C(=O)OC)CCCC1CCSc1ccc(C)cc1. The van der Waals surface area contributed by atoms with Crippen LogP contribution in [0.4, 0.5) is 0 Å². The summed E-state index contributed by atoms with van der Waals surface area (Å²) in [6.07, 6.45) is 4.12. The Bertz CT molecular complexity index is 474. The third-order valence-corrected chi connectivity index (χ3v) is 5.62. The van der Waals surface area contributed by atoms with Crippen LogP contribution in [0, 0.1) is 12.8 Å². The van der Waals surface area contributed by atoms with E-state index in [4.69, 9.17) is 4.74 Å². The second-order valence-electron chi connectivity index (χ2n) is 5.75. The number of esters is 1. The average molecular weight is 307 g/mol. The highest BCUT2D eigenvalue weighted by Crippen LogP contribution is 2.39. The highest BCUT2D eigenvalue weighted by Gasteiger charge is 2.48. The third kappa shape index (κ3) is 3.61. The standard InChI is InChI=1S/C17H25NO2S/c1-13-6-8-15(9-7-13)21-12-10-14-5-4-11-17(14,18-2)16(19)20-3/h6-9,14,18H,4-5,10-12H2,1-3H3. The van der Waals surface area contributed by atoms with Crippen LogP contribution < -0.4 is 5.32 Å². The molecule has 3 nitrogen and oxygen atoms in total. The maximum absolute atomic E-state index is 12.2. The lowest BCUT2D eigenvalue weighted by atomic mass is 9.85. The summed E-state index contributed by atoms with van der Waals surface area (Å²) in [6, 6.07) is 8.62. The number of likely N-dealkylation sites (N-methyl/N-ethyl adjacent to an activating group) is 1. The highest BCUT2D eigenvalue weighted by molar-refractivity contribution is 7.99. The molecular formula is C17H25NO2S. The van der Waals surface area contributed by atoms with Crippen LogP contribution >= 0.6 is 11.8 Å². The average Bonchev–Trinajstić information content (AvgIpc) is 2.92. The van der Waals surface area contributed by atoms with Crippen molar-refractivity contribution in [1.82, 2.24) is 5.32 Å². The van der Waals surface area contributed by atoms with Gasteiger partial charge in [-0.25, -0.2) is 0 Å². The zero-order valence-electron chi connectivity index (χ0n) is 13.1. The van der Waals surface area contributed by atoms with Crippen LogP contribution in [0.15, 0.2) is 29.2 Å². The molecule has 1 aliphatic rings. The predicted octanol–water partition coefficient (Wildman–Crippen LogP) is 3.41. The molecule has 0 bridgehead atoms. The van der Waals surface area contributed by atoms with Crippen LogP contribution in [0.5, 0.6) is 0 Å². The number of rotatable bonds is 6. The molecular weight excluding hydrogens is 282 g/mol. The van der Waals surface area contributed by atoms with Gasteiger partial charge in [-0.1, -0.05) is 24.1 Å². The van der Waals surface area contributed by atoms with Crippen LogP contribution in [-0.2, 0) is 9.53 Å². The Morgan fingerprint density at radius 2 is 2.14 bits per heavy atom. The summed E-state index contributed by atoms with van der Waals surface area (Å²) < 4.78 is 5.03. The Balaban J connectivity index is 1.92. The van der Waals surface area contributed by atoms with E-state index in [1.165, 1.54) is 17.6 Å². The molecule has 0 aromatic heterocycles.